The Hall–Kier alpha value is -2.56. The maximum atomic E-state index is 13.4. The zero-order valence-electron chi connectivity index (χ0n) is 16.9. The number of nitrogens with zero attached hydrogens (tertiary/aromatic N) is 2. The zero-order chi connectivity index (χ0) is 20.5. The molecule has 5 heteroatoms. The molecule has 4 rings (SSSR count). The Balaban J connectivity index is 1.84. The standard InChI is InChI=1S/C24H25ClN2O2/c1-16-14-26(15-17(2)29-16)24(28)20-13-23(19-9-5-4-6-10-19)27(18(20)3)22-12-8-7-11-21(22)25/h4-13,16-17H,14-15H2,1-3H3/t16-,17-/m1/s1. The highest BCUT2D eigenvalue weighted by atomic mass is 35.5. The lowest BCUT2D eigenvalue weighted by Crippen LogP contribution is -2.48. The minimum Gasteiger partial charge on any atom is -0.372 e. The van der Waals surface area contributed by atoms with Crippen molar-refractivity contribution in [3.63, 3.8) is 0 Å². The summed E-state index contributed by atoms with van der Waals surface area (Å²) >= 11 is 6.53. The number of amides is 1. The number of carbonyl (C=O) groups excluding carboxylic acids is 1. The molecule has 150 valence electrons. The molecule has 0 saturated carbocycles. The maximum absolute atomic E-state index is 13.4. The first-order chi connectivity index (χ1) is 14.0. The summed E-state index contributed by atoms with van der Waals surface area (Å²) < 4.78 is 7.88. The molecule has 0 unspecified atom stereocenters. The third kappa shape index (κ3) is 3.83. The fraction of sp³-hybridized carbons (Fsp3) is 0.292. The van der Waals surface area contributed by atoms with Gasteiger partial charge in [-0.3, -0.25) is 4.79 Å². The van der Waals surface area contributed by atoms with Crippen LogP contribution in [-0.2, 0) is 4.74 Å². The van der Waals surface area contributed by atoms with Crippen LogP contribution in [0.25, 0.3) is 16.9 Å². The number of hydrogen-bond acceptors (Lipinski definition) is 2. The number of halogens is 1. The fourth-order valence-electron chi connectivity index (χ4n) is 4.10. The number of aromatic nitrogens is 1. The molecular weight excluding hydrogens is 384 g/mol. The van der Waals surface area contributed by atoms with Crippen molar-refractivity contribution < 1.29 is 9.53 Å². The van der Waals surface area contributed by atoms with Gasteiger partial charge in [0.15, 0.2) is 0 Å². The molecule has 0 radical (unpaired) electrons. The third-order valence-electron chi connectivity index (χ3n) is 5.35. The maximum Gasteiger partial charge on any atom is 0.255 e. The number of hydrogen-bond donors (Lipinski definition) is 0. The lowest BCUT2D eigenvalue weighted by Gasteiger charge is -2.35. The Morgan fingerprint density at radius 1 is 1.00 bits per heavy atom. The van der Waals surface area contributed by atoms with Gasteiger partial charge in [-0.2, -0.15) is 0 Å². The molecule has 4 nitrogen and oxygen atoms in total. The Morgan fingerprint density at radius 3 is 2.28 bits per heavy atom. The number of morpholine rings is 1. The molecule has 1 fully saturated rings. The molecule has 1 aliphatic heterocycles. The minimum atomic E-state index is 0.0299. The predicted octanol–water partition coefficient (Wildman–Crippen LogP) is 5.36. The van der Waals surface area contributed by atoms with E-state index in [9.17, 15) is 4.79 Å². The summed E-state index contributed by atoms with van der Waals surface area (Å²) in [5.74, 6) is 0.0347. The monoisotopic (exact) mass is 408 g/mol. The second-order valence-corrected chi connectivity index (χ2v) is 8.06. The van der Waals surface area contributed by atoms with E-state index in [4.69, 9.17) is 16.3 Å². The van der Waals surface area contributed by atoms with Gasteiger partial charge in [0.1, 0.15) is 0 Å². The third-order valence-corrected chi connectivity index (χ3v) is 5.67. The molecule has 2 aromatic carbocycles. The van der Waals surface area contributed by atoms with Gasteiger partial charge in [0, 0.05) is 18.8 Å². The lowest BCUT2D eigenvalue weighted by molar-refractivity contribution is -0.0586. The van der Waals surface area contributed by atoms with Gasteiger partial charge in [-0.05, 0) is 44.5 Å². The van der Waals surface area contributed by atoms with E-state index in [1.54, 1.807) is 0 Å². The second-order valence-electron chi connectivity index (χ2n) is 7.65. The van der Waals surface area contributed by atoms with Gasteiger partial charge < -0.3 is 14.2 Å². The predicted molar refractivity (Wildman–Crippen MR) is 117 cm³/mol. The van der Waals surface area contributed by atoms with Crippen LogP contribution in [0.3, 0.4) is 0 Å². The fourth-order valence-corrected chi connectivity index (χ4v) is 4.32. The van der Waals surface area contributed by atoms with Crippen molar-refractivity contribution in [2.75, 3.05) is 13.1 Å². The van der Waals surface area contributed by atoms with Gasteiger partial charge in [0.2, 0.25) is 0 Å². The molecule has 1 aliphatic rings. The molecule has 0 aliphatic carbocycles. The van der Waals surface area contributed by atoms with Gasteiger partial charge in [-0.15, -0.1) is 0 Å². The molecule has 1 saturated heterocycles. The first-order valence-corrected chi connectivity index (χ1v) is 10.3. The van der Waals surface area contributed by atoms with Crippen molar-refractivity contribution in [2.24, 2.45) is 0 Å². The highest BCUT2D eigenvalue weighted by Gasteiger charge is 2.29. The Bertz CT molecular complexity index is 1020. The van der Waals surface area contributed by atoms with Crippen LogP contribution in [0.1, 0.15) is 29.9 Å². The van der Waals surface area contributed by atoms with Gasteiger partial charge in [-0.1, -0.05) is 54.1 Å². The highest BCUT2D eigenvalue weighted by molar-refractivity contribution is 6.32. The van der Waals surface area contributed by atoms with Gasteiger partial charge >= 0.3 is 0 Å². The van der Waals surface area contributed by atoms with E-state index in [0.717, 1.165) is 22.6 Å². The number of ether oxygens (including phenoxy) is 1. The van der Waals surface area contributed by atoms with Crippen LogP contribution < -0.4 is 0 Å². The van der Waals surface area contributed by atoms with Crippen molar-refractivity contribution in [1.82, 2.24) is 9.47 Å². The summed E-state index contributed by atoms with van der Waals surface area (Å²) in [6.45, 7) is 7.19. The largest absolute Gasteiger partial charge is 0.372 e. The van der Waals surface area contributed by atoms with E-state index in [0.29, 0.717) is 23.7 Å². The first-order valence-electron chi connectivity index (χ1n) is 9.93. The van der Waals surface area contributed by atoms with Crippen LogP contribution in [0.15, 0.2) is 60.7 Å². The van der Waals surface area contributed by atoms with E-state index >= 15 is 0 Å². The molecule has 29 heavy (non-hydrogen) atoms. The van der Waals surface area contributed by atoms with Crippen LogP contribution in [0.2, 0.25) is 5.02 Å². The van der Waals surface area contributed by atoms with Gasteiger partial charge in [0.05, 0.1) is 34.2 Å². The van der Waals surface area contributed by atoms with Gasteiger partial charge in [-0.25, -0.2) is 0 Å². The number of benzene rings is 2. The topological polar surface area (TPSA) is 34.5 Å². The van der Waals surface area contributed by atoms with Gasteiger partial charge in [0.25, 0.3) is 5.91 Å². The summed E-state index contributed by atoms with van der Waals surface area (Å²) in [6.07, 6.45) is 0.0597. The molecule has 1 aromatic heterocycles. The van der Waals surface area contributed by atoms with Crippen molar-refractivity contribution >= 4 is 17.5 Å². The lowest BCUT2D eigenvalue weighted by atomic mass is 10.1. The average molecular weight is 409 g/mol. The van der Waals surface area contributed by atoms with Crippen LogP contribution in [0.4, 0.5) is 0 Å². The van der Waals surface area contributed by atoms with Crippen molar-refractivity contribution in [3.8, 4) is 16.9 Å². The Kier molecular flexibility index (Phi) is 5.48. The van der Waals surface area contributed by atoms with E-state index in [2.05, 4.69) is 16.7 Å². The number of carbonyl (C=O) groups is 1. The van der Waals surface area contributed by atoms with E-state index in [-0.39, 0.29) is 18.1 Å². The van der Waals surface area contributed by atoms with Crippen LogP contribution >= 0.6 is 11.6 Å². The summed E-state index contributed by atoms with van der Waals surface area (Å²) in [4.78, 5) is 15.3. The average Bonchev–Trinajstić information content (AvgIpc) is 3.05. The molecule has 0 N–H and O–H groups in total. The normalized spacial score (nSPS) is 19.4. The molecule has 2 heterocycles. The van der Waals surface area contributed by atoms with Crippen LogP contribution in [0, 0.1) is 6.92 Å². The van der Waals surface area contributed by atoms with Crippen molar-refractivity contribution in [2.45, 2.75) is 33.0 Å². The highest BCUT2D eigenvalue weighted by Crippen LogP contribution is 2.33. The Morgan fingerprint density at radius 2 is 1.62 bits per heavy atom. The number of rotatable bonds is 3. The molecule has 1 amide bonds. The quantitative estimate of drug-likeness (QED) is 0.585. The molecule has 2 atom stereocenters. The smallest absolute Gasteiger partial charge is 0.255 e. The SMILES string of the molecule is Cc1c(C(=O)N2C[C@@H](C)O[C@H](C)C2)cc(-c2ccccc2)n1-c1ccccc1Cl. The van der Waals surface area contributed by atoms with Crippen molar-refractivity contribution in [3.05, 3.63) is 76.9 Å². The second kappa shape index (κ2) is 8.05. The summed E-state index contributed by atoms with van der Waals surface area (Å²) in [7, 11) is 0. The van der Waals surface area contributed by atoms with Crippen LogP contribution in [-0.4, -0.2) is 40.7 Å². The van der Waals surface area contributed by atoms with E-state index in [1.807, 2.05) is 74.2 Å². The number of para-hydroxylation sites is 1. The molecular formula is C24H25ClN2O2. The summed E-state index contributed by atoms with van der Waals surface area (Å²) in [5, 5.41) is 0.649. The van der Waals surface area contributed by atoms with E-state index < -0.39 is 0 Å². The molecule has 0 bridgehead atoms. The van der Waals surface area contributed by atoms with E-state index in [1.165, 1.54) is 0 Å². The molecule has 0 spiro atoms. The Labute approximate surface area is 176 Å². The van der Waals surface area contributed by atoms with Crippen molar-refractivity contribution in [1.29, 1.82) is 0 Å². The summed E-state index contributed by atoms with van der Waals surface area (Å²) in [5.41, 5.74) is 4.44. The molecule has 3 aromatic rings. The summed E-state index contributed by atoms with van der Waals surface area (Å²) in [6, 6.07) is 19.8. The van der Waals surface area contributed by atoms with Crippen LogP contribution in [0.5, 0.6) is 0 Å². The zero-order valence-corrected chi connectivity index (χ0v) is 17.7. The minimum absolute atomic E-state index is 0.0299. The first kappa shape index (κ1) is 19.7.